The van der Waals surface area contributed by atoms with Crippen LogP contribution in [0.3, 0.4) is 0 Å². The summed E-state index contributed by atoms with van der Waals surface area (Å²) in [6, 6.07) is 10.00. The zero-order valence-electron chi connectivity index (χ0n) is 12.1. The van der Waals surface area contributed by atoms with Gasteiger partial charge in [0, 0.05) is 6.04 Å². The fourth-order valence-electron chi connectivity index (χ4n) is 2.73. The molecular weight excluding hydrogens is 218 g/mol. The van der Waals surface area contributed by atoms with Crippen LogP contribution in [0.2, 0.25) is 0 Å². The van der Waals surface area contributed by atoms with Gasteiger partial charge in [-0.3, -0.25) is 0 Å². The quantitative estimate of drug-likeness (QED) is 0.843. The second-order valence-electron chi connectivity index (χ2n) is 6.63. The third kappa shape index (κ3) is 3.84. The molecule has 18 heavy (non-hydrogen) atoms. The Morgan fingerprint density at radius 3 is 2.44 bits per heavy atom. The van der Waals surface area contributed by atoms with Gasteiger partial charge in [0.25, 0.3) is 0 Å². The van der Waals surface area contributed by atoms with E-state index in [4.69, 9.17) is 0 Å². The van der Waals surface area contributed by atoms with E-state index < -0.39 is 0 Å². The first-order valence-corrected chi connectivity index (χ1v) is 7.38. The predicted octanol–water partition coefficient (Wildman–Crippen LogP) is 4.06. The number of rotatable bonds is 4. The number of benzene rings is 1. The second kappa shape index (κ2) is 5.88. The normalized spacial score (nSPS) is 20.3. The van der Waals surface area contributed by atoms with Crippen LogP contribution in [0, 0.1) is 0 Å². The summed E-state index contributed by atoms with van der Waals surface area (Å²) in [6.07, 6.45) is 6.62. The topological polar surface area (TPSA) is 12.0 Å². The Hall–Kier alpha value is -0.820. The summed E-state index contributed by atoms with van der Waals surface area (Å²) in [4.78, 5) is 0. The highest BCUT2D eigenvalue weighted by atomic mass is 14.9. The minimum Gasteiger partial charge on any atom is -0.314 e. The SMILES string of the molecule is CC(C)(C)c1ccc(CCCC2CCCN2)cc1. The number of nitrogens with one attached hydrogen (secondary N) is 1. The van der Waals surface area contributed by atoms with E-state index in [9.17, 15) is 0 Å². The van der Waals surface area contributed by atoms with Gasteiger partial charge in [0.15, 0.2) is 0 Å². The van der Waals surface area contributed by atoms with Crippen molar-refractivity contribution in [3.63, 3.8) is 0 Å². The summed E-state index contributed by atoms with van der Waals surface area (Å²) in [5.74, 6) is 0. The largest absolute Gasteiger partial charge is 0.314 e. The fourth-order valence-corrected chi connectivity index (χ4v) is 2.73. The monoisotopic (exact) mass is 245 g/mol. The minimum absolute atomic E-state index is 0.270. The lowest BCUT2D eigenvalue weighted by Crippen LogP contribution is -2.21. The van der Waals surface area contributed by atoms with E-state index in [2.05, 4.69) is 50.4 Å². The second-order valence-corrected chi connectivity index (χ2v) is 6.63. The van der Waals surface area contributed by atoms with Crippen molar-refractivity contribution in [1.82, 2.24) is 5.32 Å². The number of hydrogen-bond donors (Lipinski definition) is 1. The maximum Gasteiger partial charge on any atom is 0.00676 e. The highest BCUT2D eigenvalue weighted by Crippen LogP contribution is 2.22. The maximum atomic E-state index is 3.57. The molecule has 1 nitrogen and oxygen atoms in total. The van der Waals surface area contributed by atoms with Crippen LogP contribution >= 0.6 is 0 Å². The lowest BCUT2D eigenvalue weighted by atomic mass is 9.86. The van der Waals surface area contributed by atoms with Crippen LogP contribution in [-0.2, 0) is 11.8 Å². The number of aryl methyl sites for hydroxylation is 1. The van der Waals surface area contributed by atoms with Crippen LogP contribution in [0.15, 0.2) is 24.3 Å². The smallest absolute Gasteiger partial charge is 0.00676 e. The summed E-state index contributed by atoms with van der Waals surface area (Å²) in [5.41, 5.74) is 3.19. The molecule has 0 bridgehead atoms. The van der Waals surface area contributed by atoms with Crippen LogP contribution in [0.4, 0.5) is 0 Å². The van der Waals surface area contributed by atoms with Gasteiger partial charge in [0.2, 0.25) is 0 Å². The van der Waals surface area contributed by atoms with E-state index in [-0.39, 0.29) is 5.41 Å². The van der Waals surface area contributed by atoms with Gasteiger partial charge in [-0.2, -0.15) is 0 Å². The van der Waals surface area contributed by atoms with Crippen molar-refractivity contribution in [2.24, 2.45) is 0 Å². The number of hydrogen-bond acceptors (Lipinski definition) is 1. The molecule has 1 saturated heterocycles. The minimum atomic E-state index is 0.270. The molecule has 0 aliphatic carbocycles. The Morgan fingerprint density at radius 1 is 1.17 bits per heavy atom. The van der Waals surface area contributed by atoms with Crippen LogP contribution in [0.1, 0.15) is 57.6 Å². The van der Waals surface area contributed by atoms with Crippen molar-refractivity contribution < 1.29 is 0 Å². The van der Waals surface area contributed by atoms with Gasteiger partial charge in [-0.15, -0.1) is 0 Å². The molecule has 0 spiro atoms. The maximum absolute atomic E-state index is 3.57. The first kappa shape index (κ1) is 13.6. The van der Waals surface area contributed by atoms with Crippen molar-refractivity contribution in [3.8, 4) is 0 Å². The Morgan fingerprint density at radius 2 is 1.89 bits per heavy atom. The molecule has 1 heteroatoms. The Balaban J connectivity index is 1.79. The molecule has 0 amide bonds. The lowest BCUT2D eigenvalue weighted by Gasteiger charge is -2.19. The highest BCUT2D eigenvalue weighted by molar-refractivity contribution is 5.27. The van der Waals surface area contributed by atoms with Crippen molar-refractivity contribution >= 4 is 0 Å². The van der Waals surface area contributed by atoms with E-state index in [1.54, 1.807) is 0 Å². The highest BCUT2D eigenvalue weighted by Gasteiger charge is 2.14. The molecule has 1 heterocycles. The van der Waals surface area contributed by atoms with E-state index in [1.165, 1.54) is 49.8 Å². The molecule has 100 valence electrons. The van der Waals surface area contributed by atoms with Crippen LogP contribution in [-0.4, -0.2) is 12.6 Å². The molecule has 0 aromatic heterocycles. The Kier molecular flexibility index (Phi) is 4.45. The van der Waals surface area contributed by atoms with Gasteiger partial charge in [0.1, 0.15) is 0 Å². The Bertz CT molecular complexity index is 352. The zero-order valence-corrected chi connectivity index (χ0v) is 12.1. The predicted molar refractivity (Wildman–Crippen MR) is 79.1 cm³/mol. The summed E-state index contributed by atoms with van der Waals surface area (Å²) in [7, 11) is 0. The molecule has 1 unspecified atom stereocenters. The van der Waals surface area contributed by atoms with Gasteiger partial charge in [-0.05, 0) is 55.2 Å². The van der Waals surface area contributed by atoms with Crippen LogP contribution in [0.25, 0.3) is 0 Å². The van der Waals surface area contributed by atoms with E-state index >= 15 is 0 Å². The molecule has 1 aliphatic rings. The van der Waals surface area contributed by atoms with Crippen molar-refractivity contribution in [2.75, 3.05) is 6.54 Å². The Labute approximate surface area is 112 Å². The molecular formula is C17H27N. The third-order valence-electron chi connectivity index (χ3n) is 4.00. The average molecular weight is 245 g/mol. The van der Waals surface area contributed by atoms with Gasteiger partial charge < -0.3 is 5.32 Å². The molecule has 1 N–H and O–H groups in total. The van der Waals surface area contributed by atoms with Crippen molar-refractivity contribution in [1.29, 1.82) is 0 Å². The average Bonchev–Trinajstić information content (AvgIpc) is 2.82. The van der Waals surface area contributed by atoms with Gasteiger partial charge >= 0.3 is 0 Å². The summed E-state index contributed by atoms with van der Waals surface area (Å²) < 4.78 is 0. The van der Waals surface area contributed by atoms with E-state index in [0.717, 1.165) is 6.04 Å². The summed E-state index contributed by atoms with van der Waals surface area (Å²) in [5, 5.41) is 3.57. The van der Waals surface area contributed by atoms with Gasteiger partial charge in [-0.1, -0.05) is 45.0 Å². The first-order chi connectivity index (χ1) is 8.55. The summed E-state index contributed by atoms with van der Waals surface area (Å²) in [6.45, 7) is 8.04. The standard InChI is InChI=1S/C17H27N/c1-17(2,3)15-11-9-14(10-12-15)6-4-7-16-8-5-13-18-16/h9-12,16,18H,4-8,13H2,1-3H3. The fraction of sp³-hybridized carbons (Fsp3) is 0.647. The van der Waals surface area contributed by atoms with Crippen LogP contribution < -0.4 is 5.32 Å². The molecule has 0 saturated carbocycles. The molecule has 1 aromatic rings. The van der Waals surface area contributed by atoms with Crippen molar-refractivity contribution in [3.05, 3.63) is 35.4 Å². The van der Waals surface area contributed by atoms with E-state index in [1.807, 2.05) is 0 Å². The van der Waals surface area contributed by atoms with Gasteiger partial charge in [-0.25, -0.2) is 0 Å². The molecule has 2 rings (SSSR count). The molecule has 0 radical (unpaired) electrons. The molecule has 1 fully saturated rings. The summed E-state index contributed by atoms with van der Waals surface area (Å²) >= 11 is 0. The van der Waals surface area contributed by atoms with Crippen molar-refractivity contribution in [2.45, 2.75) is 64.3 Å². The van der Waals surface area contributed by atoms with Crippen LogP contribution in [0.5, 0.6) is 0 Å². The molecule has 1 aliphatic heterocycles. The lowest BCUT2D eigenvalue weighted by molar-refractivity contribution is 0.536. The molecule has 1 atom stereocenters. The molecule has 1 aromatic carbocycles. The van der Waals surface area contributed by atoms with Gasteiger partial charge in [0.05, 0.1) is 0 Å². The van der Waals surface area contributed by atoms with E-state index in [0.29, 0.717) is 0 Å². The first-order valence-electron chi connectivity index (χ1n) is 7.38. The zero-order chi connectivity index (χ0) is 13.0. The third-order valence-corrected chi connectivity index (χ3v) is 4.00.